The molecule has 0 radical (unpaired) electrons. The van der Waals surface area contributed by atoms with E-state index in [4.69, 9.17) is 0 Å². The first kappa shape index (κ1) is 17.5. The zero-order valence-electron chi connectivity index (χ0n) is 12.1. The van der Waals surface area contributed by atoms with Crippen molar-refractivity contribution in [2.75, 3.05) is 39.5 Å². The molecule has 1 rings (SSSR count). The van der Waals surface area contributed by atoms with Crippen molar-refractivity contribution >= 4 is 15.9 Å². The molecule has 6 nitrogen and oxygen atoms in total. The zero-order valence-corrected chi connectivity index (χ0v) is 13.0. The molecule has 0 heterocycles. The lowest BCUT2D eigenvalue weighted by molar-refractivity contribution is -0.856. The average molecular weight is 318 g/mol. The van der Waals surface area contributed by atoms with Crippen molar-refractivity contribution < 1.29 is 22.5 Å². The molecule has 0 aliphatic carbocycles. The van der Waals surface area contributed by atoms with Crippen LogP contribution in [0.2, 0.25) is 0 Å². The predicted molar refractivity (Wildman–Crippen MR) is 78.2 cm³/mol. The summed E-state index contributed by atoms with van der Waals surface area (Å²) < 4.78 is 38.5. The molecule has 0 unspecified atom stereocenters. The molecule has 0 spiro atoms. The second-order valence-electron chi connectivity index (χ2n) is 4.93. The lowest BCUT2D eigenvalue weighted by atomic mass is 10.2. The van der Waals surface area contributed by atoms with Gasteiger partial charge in [-0.2, -0.15) is 0 Å². The van der Waals surface area contributed by atoms with E-state index in [1.807, 2.05) is 14.1 Å². The van der Waals surface area contributed by atoms with Crippen LogP contribution in [0.15, 0.2) is 24.3 Å². The fourth-order valence-corrected chi connectivity index (χ4v) is 2.46. The molecule has 0 aliphatic rings. The van der Waals surface area contributed by atoms with Crippen molar-refractivity contribution in [2.45, 2.75) is 0 Å². The Labute approximate surface area is 124 Å². The van der Waals surface area contributed by atoms with Crippen LogP contribution in [-0.4, -0.2) is 53.8 Å². The number of halogens is 1. The summed E-state index contributed by atoms with van der Waals surface area (Å²) in [5.74, 6) is -1.05. The molecule has 118 valence electrons. The quantitative estimate of drug-likeness (QED) is 0.553. The number of hydrogen-bond acceptors (Lipinski definition) is 3. The molecule has 8 heteroatoms. The molecule has 0 fully saturated rings. The first-order valence-electron chi connectivity index (χ1n) is 6.60. The van der Waals surface area contributed by atoms with Gasteiger partial charge in [0.15, 0.2) is 0 Å². The smallest absolute Gasteiger partial charge is 0.251 e. The first-order chi connectivity index (χ1) is 9.80. The Kier molecular flexibility index (Phi) is 6.73. The number of nitrogens with one attached hydrogen (secondary N) is 3. The van der Waals surface area contributed by atoms with Gasteiger partial charge in [-0.05, 0) is 24.3 Å². The second kappa shape index (κ2) is 8.06. The summed E-state index contributed by atoms with van der Waals surface area (Å²) in [6.45, 7) is 1.04. The standard InChI is InChI=1S/C13H20FN3O3S/c1-17(2)9-7-16-21(19,20)10-8-15-13(18)11-3-5-12(14)6-4-11/h3-6,16H,7-10H2,1-2H3,(H,15,18)/p+1. The lowest BCUT2D eigenvalue weighted by Crippen LogP contribution is -3.06. The summed E-state index contributed by atoms with van der Waals surface area (Å²) in [6.07, 6.45) is 0. The van der Waals surface area contributed by atoms with E-state index in [9.17, 15) is 17.6 Å². The van der Waals surface area contributed by atoms with Gasteiger partial charge in [0.1, 0.15) is 5.82 Å². The van der Waals surface area contributed by atoms with E-state index in [-0.39, 0.29) is 17.9 Å². The predicted octanol–water partition coefficient (Wildman–Crippen LogP) is -1.38. The molecule has 0 aliphatic heterocycles. The number of carbonyl (C=O) groups excluding carboxylic acids is 1. The number of sulfonamides is 1. The Morgan fingerprint density at radius 3 is 2.38 bits per heavy atom. The van der Waals surface area contributed by atoms with E-state index in [2.05, 4.69) is 10.0 Å². The highest BCUT2D eigenvalue weighted by atomic mass is 32.2. The molecule has 1 aromatic carbocycles. The van der Waals surface area contributed by atoms with Crippen LogP contribution in [-0.2, 0) is 10.0 Å². The molecule has 1 amide bonds. The molecule has 21 heavy (non-hydrogen) atoms. The van der Waals surface area contributed by atoms with Crippen LogP contribution in [0.3, 0.4) is 0 Å². The molecule has 0 bridgehead atoms. The number of benzene rings is 1. The minimum Gasteiger partial charge on any atom is -0.351 e. The van der Waals surface area contributed by atoms with E-state index in [0.29, 0.717) is 13.1 Å². The lowest BCUT2D eigenvalue weighted by Gasteiger charge is -2.10. The topological polar surface area (TPSA) is 79.7 Å². The Hall–Kier alpha value is -1.51. The fourth-order valence-electron chi connectivity index (χ4n) is 1.53. The minimum absolute atomic E-state index is 0.000362. The number of hydrogen-bond donors (Lipinski definition) is 3. The number of likely N-dealkylation sites (N-methyl/N-ethyl adjacent to an activating group) is 1. The minimum atomic E-state index is -3.40. The van der Waals surface area contributed by atoms with Crippen LogP contribution in [0.1, 0.15) is 10.4 Å². The second-order valence-corrected chi connectivity index (χ2v) is 6.86. The Morgan fingerprint density at radius 2 is 1.81 bits per heavy atom. The van der Waals surface area contributed by atoms with Crippen molar-refractivity contribution in [1.82, 2.24) is 10.0 Å². The highest BCUT2D eigenvalue weighted by Gasteiger charge is 2.11. The summed E-state index contributed by atoms with van der Waals surface area (Å²) in [4.78, 5) is 12.8. The van der Waals surface area contributed by atoms with Crippen LogP contribution < -0.4 is 14.9 Å². The molecule has 3 N–H and O–H groups in total. The molecule has 0 aromatic heterocycles. The zero-order chi connectivity index (χ0) is 15.9. The summed E-state index contributed by atoms with van der Waals surface area (Å²) in [6, 6.07) is 5.04. The number of quaternary nitrogens is 1. The van der Waals surface area contributed by atoms with Gasteiger partial charge in [0.25, 0.3) is 5.91 Å². The van der Waals surface area contributed by atoms with Gasteiger partial charge < -0.3 is 10.2 Å². The third-order valence-electron chi connectivity index (χ3n) is 2.71. The van der Waals surface area contributed by atoms with Gasteiger partial charge >= 0.3 is 0 Å². The van der Waals surface area contributed by atoms with E-state index in [1.165, 1.54) is 24.3 Å². The number of amides is 1. The van der Waals surface area contributed by atoms with E-state index in [0.717, 1.165) is 4.90 Å². The third kappa shape index (κ3) is 7.16. The monoisotopic (exact) mass is 318 g/mol. The first-order valence-corrected chi connectivity index (χ1v) is 8.25. The summed E-state index contributed by atoms with van der Waals surface area (Å²) in [5.41, 5.74) is 0.290. The van der Waals surface area contributed by atoms with Crippen LogP contribution >= 0.6 is 0 Å². The van der Waals surface area contributed by atoms with Gasteiger partial charge in [-0.25, -0.2) is 17.5 Å². The van der Waals surface area contributed by atoms with Crippen LogP contribution in [0.25, 0.3) is 0 Å². The van der Waals surface area contributed by atoms with Gasteiger partial charge in [-0.3, -0.25) is 4.79 Å². The molecule has 1 aromatic rings. The Morgan fingerprint density at radius 1 is 1.19 bits per heavy atom. The van der Waals surface area contributed by atoms with Crippen molar-refractivity contribution in [3.63, 3.8) is 0 Å². The average Bonchev–Trinajstić information content (AvgIpc) is 2.38. The molecule has 0 atom stereocenters. The normalized spacial score (nSPS) is 11.6. The SMILES string of the molecule is C[NH+](C)CCNS(=O)(=O)CCNC(=O)c1ccc(F)cc1. The maximum Gasteiger partial charge on any atom is 0.251 e. The Balaban J connectivity index is 2.35. The van der Waals surface area contributed by atoms with E-state index < -0.39 is 21.7 Å². The van der Waals surface area contributed by atoms with Gasteiger partial charge in [0.2, 0.25) is 10.0 Å². The highest BCUT2D eigenvalue weighted by molar-refractivity contribution is 7.89. The third-order valence-corrected chi connectivity index (χ3v) is 4.10. The van der Waals surface area contributed by atoms with E-state index in [1.54, 1.807) is 0 Å². The summed E-state index contributed by atoms with van der Waals surface area (Å²) in [7, 11) is 0.456. The number of rotatable bonds is 8. The van der Waals surface area contributed by atoms with Gasteiger partial charge in [0, 0.05) is 12.1 Å². The molecular weight excluding hydrogens is 297 g/mol. The van der Waals surface area contributed by atoms with Crippen molar-refractivity contribution in [1.29, 1.82) is 0 Å². The van der Waals surface area contributed by atoms with Crippen molar-refractivity contribution in [3.05, 3.63) is 35.6 Å². The summed E-state index contributed by atoms with van der Waals surface area (Å²) in [5, 5.41) is 2.49. The maximum atomic E-state index is 12.7. The number of carbonyl (C=O) groups is 1. The van der Waals surface area contributed by atoms with Crippen molar-refractivity contribution in [2.24, 2.45) is 0 Å². The van der Waals surface area contributed by atoms with E-state index >= 15 is 0 Å². The fraction of sp³-hybridized carbons (Fsp3) is 0.462. The van der Waals surface area contributed by atoms with Crippen LogP contribution in [0, 0.1) is 5.82 Å². The van der Waals surface area contributed by atoms with Crippen LogP contribution in [0.5, 0.6) is 0 Å². The van der Waals surface area contributed by atoms with Gasteiger partial charge in [0.05, 0.1) is 32.9 Å². The molecule has 0 saturated carbocycles. The largest absolute Gasteiger partial charge is 0.351 e. The Bertz CT molecular complexity index is 559. The van der Waals surface area contributed by atoms with Gasteiger partial charge in [-0.1, -0.05) is 0 Å². The van der Waals surface area contributed by atoms with Crippen LogP contribution in [0.4, 0.5) is 4.39 Å². The highest BCUT2D eigenvalue weighted by Crippen LogP contribution is 2.02. The summed E-state index contributed by atoms with van der Waals surface area (Å²) >= 11 is 0. The van der Waals surface area contributed by atoms with Gasteiger partial charge in [-0.15, -0.1) is 0 Å². The maximum absolute atomic E-state index is 12.7. The molecular formula is C13H21FN3O3S+. The van der Waals surface area contributed by atoms with Crippen molar-refractivity contribution in [3.8, 4) is 0 Å². The molecule has 0 saturated heterocycles.